The van der Waals surface area contributed by atoms with Crippen LogP contribution in [0.25, 0.3) is 0 Å². The fraction of sp³-hybridized carbons (Fsp3) is 0.667. The van der Waals surface area contributed by atoms with Crippen LogP contribution >= 0.6 is 11.3 Å². The van der Waals surface area contributed by atoms with Crippen molar-refractivity contribution in [2.45, 2.75) is 29.2 Å². The van der Waals surface area contributed by atoms with E-state index in [1.165, 1.54) is 6.92 Å². The Balaban J connectivity index is 2.22. The summed E-state index contributed by atoms with van der Waals surface area (Å²) in [6, 6.07) is 0. The third-order valence-electron chi connectivity index (χ3n) is 2.85. The van der Waals surface area contributed by atoms with E-state index in [1.54, 1.807) is 0 Å². The molecule has 0 aromatic carbocycles. The molecule has 3 N–H and O–H groups in total. The Kier molecular flexibility index (Phi) is 4.35. The Morgan fingerprint density at radius 3 is 2.40 bits per heavy atom. The maximum atomic E-state index is 12.1. The smallest absolute Gasteiger partial charge is 0.249 e. The molecule has 0 bridgehead atoms. The minimum absolute atomic E-state index is 0.0121. The van der Waals surface area contributed by atoms with Crippen LogP contribution < -0.4 is 9.86 Å². The summed E-state index contributed by atoms with van der Waals surface area (Å²) < 4.78 is 54.2. The summed E-state index contributed by atoms with van der Waals surface area (Å²) in [5.41, 5.74) is 0.183. The maximum Gasteiger partial charge on any atom is 0.249 e. The summed E-state index contributed by atoms with van der Waals surface area (Å²) in [6.07, 6.45) is 0.809. The van der Waals surface area contributed by atoms with Crippen molar-refractivity contribution in [1.82, 2.24) is 4.98 Å². The molecule has 1 aromatic heterocycles. The number of thiazole rings is 1. The molecule has 20 heavy (non-hydrogen) atoms. The Labute approximate surface area is 121 Å². The van der Waals surface area contributed by atoms with Gasteiger partial charge in [0.15, 0.2) is 9.34 Å². The number of aryl methyl sites for hydroxylation is 1. The number of anilines is 1. The second-order valence-corrected chi connectivity index (χ2v) is 9.11. The van der Waals surface area contributed by atoms with Crippen molar-refractivity contribution in [3.05, 3.63) is 5.69 Å². The first-order chi connectivity index (χ1) is 9.20. The zero-order valence-electron chi connectivity index (χ0n) is 10.7. The molecule has 2 rings (SSSR count). The normalized spacial score (nSPS) is 18.1. The molecule has 0 radical (unpaired) electrons. The first-order valence-corrected chi connectivity index (χ1v) is 9.70. The lowest BCUT2D eigenvalue weighted by atomic mass is 10.2. The van der Waals surface area contributed by atoms with E-state index >= 15 is 0 Å². The van der Waals surface area contributed by atoms with E-state index in [2.05, 4.69) is 9.71 Å². The molecule has 114 valence electrons. The van der Waals surface area contributed by atoms with E-state index in [9.17, 15) is 16.8 Å². The zero-order chi connectivity index (χ0) is 15.0. The minimum atomic E-state index is -3.89. The third-order valence-corrected chi connectivity index (χ3v) is 7.43. The van der Waals surface area contributed by atoms with Crippen molar-refractivity contribution in [3.8, 4) is 0 Å². The summed E-state index contributed by atoms with van der Waals surface area (Å²) >= 11 is 0.712. The van der Waals surface area contributed by atoms with Gasteiger partial charge in [-0.2, -0.15) is 0 Å². The number of hydrogen-bond acceptors (Lipinski definition) is 7. The lowest BCUT2D eigenvalue weighted by molar-refractivity contribution is 0.0984. The number of rotatable bonds is 4. The van der Waals surface area contributed by atoms with Crippen molar-refractivity contribution < 1.29 is 21.6 Å². The van der Waals surface area contributed by atoms with Crippen molar-refractivity contribution in [3.63, 3.8) is 0 Å². The molecule has 0 unspecified atom stereocenters. The van der Waals surface area contributed by atoms with Gasteiger partial charge in [-0.1, -0.05) is 11.3 Å². The minimum Gasteiger partial charge on any atom is -0.381 e. The topological polar surface area (TPSA) is 128 Å². The summed E-state index contributed by atoms with van der Waals surface area (Å²) in [4.78, 5) is 3.89. The van der Waals surface area contributed by atoms with Gasteiger partial charge in [-0.05, 0) is 19.8 Å². The average molecular weight is 341 g/mol. The van der Waals surface area contributed by atoms with Crippen LogP contribution in [0, 0.1) is 6.92 Å². The molecule has 0 saturated carbocycles. The van der Waals surface area contributed by atoms with Crippen LogP contribution in [0.15, 0.2) is 4.21 Å². The van der Waals surface area contributed by atoms with Crippen molar-refractivity contribution in [2.75, 3.05) is 17.9 Å². The van der Waals surface area contributed by atoms with Gasteiger partial charge in [-0.15, -0.1) is 0 Å². The van der Waals surface area contributed by atoms with Gasteiger partial charge in [-0.25, -0.2) is 27.0 Å². The molecule has 1 aliphatic heterocycles. The molecule has 1 aromatic rings. The van der Waals surface area contributed by atoms with Gasteiger partial charge < -0.3 is 4.74 Å². The number of nitrogens with one attached hydrogen (secondary N) is 1. The Morgan fingerprint density at radius 2 is 1.90 bits per heavy atom. The van der Waals surface area contributed by atoms with E-state index in [4.69, 9.17) is 9.88 Å². The highest BCUT2D eigenvalue weighted by atomic mass is 32.2. The number of nitrogens with zero attached hydrogens (tertiary/aromatic N) is 1. The quantitative estimate of drug-likeness (QED) is 0.794. The van der Waals surface area contributed by atoms with E-state index in [0.717, 1.165) is 0 Å². The molecular weight excluding hydrogens is 326 g/mol. The van der Waals surface area contributed by atoms with Crippen LogP contribution in [-0.4, -0.2) is 40.3 Å². The fourth-order valence-corrected chi connectivity index (χ4v) is 5.38. The molecular formula is C9H15N3O5S3. The second-order valence-electron chi connectivity index (χ2n) is 4.40. The average Bonchev–Trinajstić information content (AvgIpc) is 2.70. The van der Waals surface area contributed by atoms with Crippen LogP contribution in [0.2, 0.25) is 0 Å². The highest BCUT2D eigenvalue weighted by Gasteiger charge is 2.29. The summed E-state index contributed by atoms with van der Waals surface area (Å²) in [6.45, 7) is 2.25. The Bertz CT molecular complexity index is 688. The van der Waals surface area contributed by atoms with E-state index < -0.39 is 25.3 Å². The molecule has 2 heterocycles. The van der Waals surface area contributed by atoms with Gasteiger partial charge in [0.25, 0.3) is 0 Å². The second kappa shape index (κ2) is 5.56. The third kappa shape index (κ3) is 3.47. The van der Waals surface area contributed by atoms with Gasteiger partial charge in [0.05, 0.1) is 10.9 Å². The van der Waals surface area contributed by atoms with Crippen LogP contribution in [0.1, 0.15) is 18.5 Å². The van der Waals surface area contributed by atoms with Gasteiger partial charge in [-0.3, -0.25) is 4.72 Å². The largest absolute Gasteiger partial charge is 0.381 e. The van der Waals surface area contributed by atoms with Crippen LogP contribution in [-0.2, 0) is 24.8 Å². The molecule has 0 amide bonds. The molecule has 1 saturated heterocycles. The van der Waals surface area contributed by atoms with Crippen LogP contribution in [0.3, 0.4) is 0 Å². The zero-order valence-corrected chi connectivity index (χ0v) is 13.1. The molecule has 8 nitrogen and oxygen atoms in total. The van der Waals surface area contributed by atoms with Gasteiger partial charge in [0.2, 0.25) is 20.0 Å². The number of ether oxygens (including phenoxy) is 1. The van der Waals surface area contributed by atoms with Gasteiger partial charge in [0, 0.05) is 13.2 Å². The van der Waals surface area contributed by atoms with Crippen molar-refractivity contribution in [2.24, 2.45) is 5.14 Å². The summed E-state index contributed by atoms with van der Waals surface area (Å²) in [5.74, 6) is 0. The SMILES string of the molecule is Cc1nc(NS(=O)(=O)C2CCOCC2)sc1S(N)(=O)=O. The first kappa shape index (κ1) is 15.6. The van der Waals surface area contributed by atoms with Gasteiger partial charge in [0.1, 0.15) is 0 Å². The first-order valence-electron chi connectivity index (χ1n) is 5.80. The number of nitrogens with two attached hydrogens (primary N) is 1. The number of hydrogen-bond donors (Lipinski definition) is 2. The number of primary sulfonamides is 1. The highest BCUT2D eigenvalue weighted by Crippen LogP contribution is 2.28. The summed E-state index contributed by atoms with van der Waals surface area (Å²) in [5, 5.41) is 4.48. The van der Waals surface area contributed by atoms with Crippen LogP contribution in [0.4, 0.5) is 5.13 Å². The van der Waals surface area contributed by atoms with E-state index in [0.29, 0.717) is 37.4 Å². The van der Waals surface area contributed by atoms with Crippen molar-refractivity contribution >= 4 is 36.5 Å². The molecule has 0 atom stereocenters. The Hall–Kier alpha value is -0.750. The molecule has 0 spiro atoms. The van der Waals surface area contributed by atoms with Crippen LogP contribution in [0.5, 0.6) is 0 Å². The predicted molar refractivity (Wildman–Crippen MR) is 74.6 cm³/mol. The number of aromatic nitrogens is 1. The Morgan fingerprint density at radius 1 is 1.30 bits per heavy atom. The van der Waals surface area contributed by atoms with E-state index in [-0.39, 0.29) is 15.0 Å². The molecule has 1 fully saturated rings. The summed E-state index contributed by atoms with van der Waals surface area (Å²) in [7, 11) is -7.49. The van der Waals surface area contributed by atoms with Crippen molar-refractivity contribution in [1.29, 1.82) is 0 Å². The molecule has 11 heteroatoms. The predicted octanol–water partition coefficient (Wildman–Crippen LogP) is 0.0196. The van der Waals surface area contributed by atoms with E-state index in [1.807, 2.05) is 0 Å². The maximum absolute atomic E-state index is 12.1. The van der Waals surface area contributed by atoms with Gasteiger partial charge >= 0.3 is 0 Å². The lowest BCUT2D eigenvalue weighted by Crippen LogP contribution is -2.33. The lowest BCUT2D eigenvalue weighted by Gasteiger charge is -2.21. The monoisotopic (exact) mass is 341 g/mol. The molecule has 1 aliphatic rings. The number of sulfonamides is 2. The standard InChI is InChI=1S/C9H15N3O5S3/c1-6-8(19(10,13)14)18-9(11-6)12-20(15,16)7-2-4-17-5-3-7/h7H,2-5H2,1H3,(H,11,12)(H2,10,13,14). The fourth-order valence-electron chi connectivity index (χ4n) is 1.88. The molecule has 0 aliphatic carbocycles. The highest BCUT2D eigenvalue weighted by molar-refractivity contribution is 7.93.